The molecule has 122 valence electrons. The number of alkyl halides is 7. The predicted octanol–water partition coefficient (Wildman–Crippen LogP) is 1.15. The van der Waals surface area contributed by atoms with E-state index in [0.29, 0.717) is 0 Å². The molecule has 0 amide bonds. The molecular weight excluding hydrogens is 297 g/mol. The summed E-state index contributed by atoms with van der Waals surface area (Å²) in [6.45, 7) is 5.12. The van der Waals surface area contributed by atoms with Crippen molar-refractivity contribution in [1.82, 2.24) is 4.90 Å². The Bertz CT molecular complexity index is 286. The van der Waals surface area contributed by atoms with Crippen molar-refractivity contribution in [2.45, 2.75) is 18.2 Å². The summed E-state index contributed by atoms with van der Waals surface area (Å²) in [6.07, 6.45) is -12.8. The summed E-state index contributed by atoms with van der Waals surface area (Å²) >= 11 is 0. The van der Waals surface area contributed by atoms with Gasteiger partial charge in [-0.05, 0) is 7.05 Å². The Hall–Kier alpha value is -0.610. The fraction of sp³-hybridized carbons (Fsp3) is 1.00. The number of hydrogen-bond acceptors (Lipinski definition) is 2. The zero-order chi connectivity index (χ0) is 16.4. The van der Waals surface area contributed by atoms with E-state index in [1.165, 1.54) is 30.7 Å². The highest BCUT2D eigenvalue weighted by atomic mass is 19.4. The minimum absolute atomic E-state index is 1.20. The molecule has 1 rings (SSSR count). The summed E-state index contributed by atoms with van der Waals surface area (Å²) in [5.41, 5.74) is 0. The largest absolute Gasteiger partial charge is 0.793 e. The van der Waals surface area contributed by atoms with Crippen LogP contribution in [-0.4, -0.2) is 74.9 Å². The average molecular weight is 314 g/mol. The molecule has 0 unspecified atom stereocenters. The lowest BCUT2D eigenvalue weighted by Crippen LogP contribution is -2.59. The fourth-order valence-electron chi connectivity index (χ4n) is 1.27. The summed E-state index contributed by atoms with van der Waals surface area (Å²) in [4.78, 5) is 2.39. The van der Waals surface area contributed by atoms with Crippen molar-refractivity contribution >= 4 is 0 Å². The van der Waals surface area contributed by atoms with Crippen LogP contribution in [0.3, 0.4) is 0 Å². The maximum absolute atomic E-state index is 11.2. The van der Waals surface area contributed by atoms with Crippen LogP contribution in [0.5, 0.6) is 0 Å². The van der Waals surface area contributed by atoms with Crippen LogP contribution < -0.4 is 5.11 Å². The van der Waals surface area contributed by atoms with Crippen molar-refractivity contribution < 1.29 is 40.3 Å². The van der Waals surface area contributed by atoms with Gasteiger partial charge in [0.05, 0.1) is 27.2 Å². The first-order chi connectivity index (χ1) is 8.60. The molecule has 1 saturated heterocycles. The van der Waals surface area contributed by atoms with Crippen molar-refractivity contribution in [2.75, 3.05) is 47.3 Å². The number of likely N-dealkylation sites (N-methyl/N-ethyl adjacent to an activating group) is 2. The monoisotopic (exact) mass is 314 g/mol. The average Bonchev–Trinajstić information content (AvgIpc) is 2.20. The molecule has 0 aromatic rings. The van der Waals surface area contributed by atoms with E-state index in [9.17, 15) is 30.7 Å². The van der Waals surface area contributed by atoms with Crippen LogP contribution in [0.25, 0.3) is 0 Å². The van der Waals surface area contributed by atoms with E-state index in [1.54, 1.807) is 0 Å². The molecule has 1 heterocycles. The topological polar surface area (TPSA) is 26.3 Å². The van der Waals surface area contributed by atoms with Crippen molar-refractivity contribution in [3.05, 3.63) is 0 Å². The molecule has 0 aliphatic carbocycles. The molecule has 1 aliphatic heterocycles. The first-order valence-electron chi connectivity index (χ1n) is 5.63. The van der Waals surface area contributed by atoms with Gasteiger partial charge < -0.3 is 9.59 Å². The van der Waals surface area contributed by atoms with Gasteiger partial charge in [-0.1, -0.05) is 0 Å². The Labute approximate surface area is 112 Å². The van der Waals surface area contributed by atoms with Crippen LogP contribution in [0.2, 0.25) is 0 Å². The normalized spacial score (nSPS) is 21.1. The zero-order valence-electron chi connectivity index (χ0n) is 11.3. The Kier molecular flexibility index (Phi) is 5.84. The highest BCUT2D eigenvalue weighted by Gasteiger charge is 2.67. The molecule has 3 nitrogen and oxygen atoms in total. The van der Waals surface area contributed by atoms with Gasteiger partial charge in [-0.3, -0.25) is 4.90 Å². The highest BCUT2D eigenvalue weighted by Crippen LogP contribution is 2.43. The summed E-state index contributed by atoms with van der Waals surface area (Å²) in [5, 5.41) is 8.97. The van der Waals surface area contributed by atoms with Gasteiger partial charge in [-0.2, -0.15) is 22.0 Å². The van der Waals surface area contributed by atoms with Gasteiger partial charge in [-0.25, -0.2) is 8.78 Å². The van der Waals surface area contributed by atoms with E-state index >= 15 is 0 Å². The van der Waals surface area contributed by atoms with Gasteiger partial charge in [0, 0.05) is 13.1 Å². The van der Waals surface area contributed by atoms with Crippen molar-refractivity contribution in [3.63, 3.8) is 0 Å². The van der Waals surface area contributed by atoms with Gasteiger partial charge >= 0.3 is 12.1 Å². The molecule has 0 aromatic carbocycles. The Morgan fingerprint density at radius 3 is 1.40 bits per heavy atom. The first-order valence-corrected chi connectivity index (χ1v) is 5.63. The van der Waals surface area contributed by atoms with Crippen LogP contribution in [-0.2, 0) is 0 Å². The number of hydrogen-bond donors (Lipinski definition) is 0. The second kappa shape index (κ2) is 6.02. The second-order valence-corrected chi connectivity index (χ2v) is 5.28. The molecule has 0 bridgehead atoms. The van der Waals surface area contributed by atoms with Crippen LogP contribution in [0.4, 0.5) is 30.7 Å². The van der Waals surface area contributed by atoms with Crippen molar-refractivity contribution in [2.24, 2.45) is 0 Å². The van der Waals surface area contributed by atoms with Crippen LogP contribution in [0.1, 0.15) is 0 Å². The van der Waals surface area contributed by atoms with E-state index < -0.39 is 18.2 Å². The molecule has 10 heteroatoms. The Morgan fingerprint density at radius 1 is 0.900 bits per heavy atom. The number of halogens is 7. The maximum atomic E-state index is 11.2. The third-order valence-corrected chi connectivity index (χ3v) is 2.90. The van der Waals surface area contributed by atoms with Crippen LogP contribution >= 0.6 is 0 Å². The molecule has 0 atom stereocenters. The molecule has 0 aromatic heterocycles. The van der Waals surface area contributed by atoms with Gasteiger partial charge in [-0.15, -0.1) is 0 Å². The lowest BCUT2D eigenvalue weighted by Gasteiger charge is -2.37. The maximum Gasteiger partial charge on any atom is 0.458 e. The van der Waals surface area contributed by atoms with Crippen LogP contribution in [0, 0.1) is 0 Å². The lowest BCUT2D eigenvalue weighted by molar-refractivity contribution is -0.894. The van der Waals surface area contributed by atoms with E-state index in [1.807, 2.05) is 0 Å². The van der Waals surface area contributed by atoms with Crippen LogP contribution in [0.15, 0.2) is 0 Å². The second-order valence-electron chi connectivity index (χ2n) is 5.28. The molecule has 1 fully saturated rings. The van der Waals surface area contributed by atoms with E-state index in [0.717, 1.165) is 0 Å². The quantitative estimate of drug-likeness (QED) is 0.536. The molecule has 0 radical (unpaired) electrons. The minimum atomic E-state index is -6.52. The number of piperazine rings is 1. The highest BCUT2D eigenvalue weighted by molar-refractivity contribution is 4.81. The summed E-state index contributed by atoms with van der Waals surface area (Å²) in [6, 6.07) is 0. The number of quaternary nitrogens is 1. The molecule has 0 saturated carbocycles. The summed E-state index contributed by atoms with van der Waals surface area (Å²) in [7, 11) is 6.79. The Morgan fingerprint density at radius 2 is 1.25 bits per heavy atom. The summed E-state index contributed by atoms with van der Waals surface area (Å²) < 4.78 is 78.3. The smallest absolute Gasteiger partial charge is 0.458 e. The number of nitrogens with zero attached hydrogens (tertiary/aromatic N) is 2. The molecular formula is C10H17F7N2O. The standard InChI is InChI=1S/C7H17N2.C3F7O/c1-8-4-6-9(2,3)7-5-8;4-1(5,2(6,7)8)3(9,10)11/h4-7H2,1-3H3;/q+1;-1. The third-order valence-electron chi connectivity index (χ3n) is 2.90. The molecule has 20 heavy (non-hydrogen) atoms. The van der Waals surface area contributed by atoms with E-state index in [4.69, 9.17) is 5.11 Å². The van der Waals surface area contributed by atoms with Crippen molar-refractivity contribution in [1.29, 1.82) is 0 Å². The van der Waals surface area contributed by atoms with Crippen molar-refractivity contribution in [3.8, 4) is 0 Å². The zero-order valence-corrected chi connectivity index (χ0v) is 11.3. The number of rotatable bonds is 1. The van der Waals surface area contributed by atoms with Gasteiger partial charge in [0.25, 0.3) is 6.11 Å². The predicted molar refractivity (Wildman–Crippen MR) is 55.3 cm³/mol. The first kappa shape index (κ1) is 19.4. The van der Waals surface area contributed by atoms with Gasteiger partial charge in [0.1, 0.15) is 0 Å². The summed E-state index contributed by atoms with van der Waals surface area (Å²) in [5.74, 6) is -6.51. The Balaban J connectivity index is 0.000000367. The lowest BCUT2D eigenvalue weighted by atomic mass is 10.3. The molecule has 0 spiro atoms. The third kappa shape index (κ3) is 5.41. The van der Waals surface area contributed by atoms with Gasteiger partial charge in [0.2, 0.25) is 0 Å². The van der Waals surface area contributed by atoms with Gasteiger partial charge in [0.15, 0.2) is 0 Å². The molecule has 0 N–H and O–H groups in total. The van der Waals surface area contributed by atoms with E-state index in [-0.39, 0.29) is 0 Å². The SMILES string of the molecule is CN1CC[N+](C)(C)CC1.[O-]C(F)(F)C(F)(F)C(F)(F)F. The minimum Gasteiger partial charge on any atom is -0.793 e. The molecule has 1 aliphatic rings. The van der Waals surface area contributed by atoms with E-state index in [2.05, 4.69) is 26.0 Å². The fourth-order valence-corrected chi connectivity index (χ4v) is 1.27.